The van der Waals surface area contributed by atoms with Crippen LogP contribution in [0.15, 0.2) is 28.7 Å². The van der Waals surface area contributed by atoms with Crippen molar-refractivity contribution < 1.29 is 28.3 Å². The molecule has 2 unspecified atom stereocenters. The minimum atomic E-state index is -0.921. The standard InChI is InChI=1S/C22H29N3O6/c1-4-15(19(26)20-23-16-7-5-6-8-17(16)30-20)24-22(28)31-18(13-14(2)3)21(27)25-9-11-29-12-10-25/h5-8,14-15,18H,4,9-13H2,1-3H3,(H,24,28). The molecule has 2 aromatic rings. The van der Waals surface area contributed by atoms with Crippen molar-refractivity contribution in [1.29, 1.82) is 0 Å². The Morgan fingerprint density at radius 2 is 1.90 bits per heavy atom. The molecule has 0 radical (unpaired) electrons. The van der Waals surface area contributed by atoms with Gasteiger partial charge in [0.25, 0.3) is 11.8 Å². The van der Waals surface area contributed by atoms with Gasteiger partial charge in [0.1, 0.15) is 11.6 Å². The van der Waals surface area contributed by atoms with Gasteiger partial charge in [0, 0.05) is 13.1 Å². The first kappa shape index (κ1) is 22.7. The van der Waals surface area contributed by atoms with Gasteiger partial charge in [0.2, 0.25) is 5.78 Å². The average Bonchev–Trinajstić information content (AvgIpc) is 3.20. The van der Waals surface area contributed by atoms with Crippen molar-refractivity contribution in [3.8, 4) is 0 Å². The lowest BCUT2D eigenvalue weighted by Gasteiger charge is -2.31. The van der Waals surface area contributed by atoms with Crippen LogP contribution < -0.4 is 5.32 Å². The summed E-state index contributed by atoms with van der Waals surface area (Å²) in [5.74, 6) is -0.622. The fourth-order valence-electron chi connectivity index (χ4n) is 3.40. The normalized spacial score (nSPS) is 16.2. The second-order valence-electron chi connectivity index (χ2n) is 7.92. The van der Waals surface area contributed by atoms with Crippen LogP contribution in [-0.2, 0) is 14.3 Å². The summed E-state index contributed by atoms with van der Waals surface area (Å²) in [5.41, 5.74) is 1.06. The molecule has 2 atom stereocenters. The summed E-state index contributed by atoms with van der Waals surface area (Å²) in [4.78, 5) is 44.1. The highest BCUT2D eigenvalue weighted by atomic mass is 16.6. The van der Waals surface area contributed by atoms with Gasteiger partial charge in [0.15, 0.2) is 11.7 Å². The average molecular weight is 431 g/mol. The van der Waals surface area contributed by atoms with E-state index in [0.717, 1.165) is 0 Å². The van der Waals surface area contributed by atoms with Crippen molar-refractivity contribution in [1.82, 2.24) is 15.2 Å². The molecule has 0 bridgehead atoms. The van der Waals surface area contributed by atoms with E-state index in [0.29, 0.717) is 50.2 Å². The minimum absolute atomic E-state index is 0.0727. The Labute approximate surface area is 181 Å². The van der Waals surface area contributed by atoms with Crippen LogP contribution in [0, 0.1) is 5.92 Å². The van der Waals surface area contributed by atoms with Crippen LogP contribution in [0.25, 0.3) is 11.1 Å². The topological polar surface area (TPSA) is 111 Å². The maximum Gasteiger partial charge on any atom is 0.408 e. The molecule has 9 nitrogen and oxygen atoms in total. The van der Waals surface area contributed by atoms with Crippen molar-refractivity contribution in [3.05, 3.63) is 30.2 Å². The van der Waals surface area contributed by atoms with Crippen LogP contribution in [0.3, 0.4) is 0 Å². The predicted molar refractivity (Wildman–Crippen MR) is 113 cm³/mol. The van der Waals surface area contributed by atoms with Crippen molar-refractivity contribution >= 4 is 28.9 Å². The monoisotopic (exact) mass is 431 g/mol. The summed E-state index contributed by atoms with van der Waals surface area (Å²) in [6.07, 6.45) is -1.03. The van der Waals surface area contributed by atoms with Gasteiger partial charge in [-0.15, -0.1) is 0 Å². The third kappa shape index (κ3) is 5.81. The second-order valence-corrected chi connectivity index (χ2v) is 7.92. The van der Waals surface area contributed by atoms with Crippen molar-refractivity contribution in [2.24, 2.45) is 5.92 Å². The number of aromatic nitrogens is 1. The Kier molecular flexibility index (Phi) is 7.62. The lowest BCUT2D eigenvalue weighted by atomic mass is 10.0. The van der Waals surface area contributed by atoms with Gasteiger partial charge in [-0.3, -0.25) is 9.59 Å². The van der Waals surface area contributed by atoms with Gasteiger partial charge in [-0.2, -0.15) is 0 Å². The Morgan fingerprint density at radius 1 is 1.19 bits per heavy atom. The minimum Gasteiger partial charge on any atom is -0.436 e. The molecule has 0 spiro atoms. The Bertz CT molecular complexity index is 886. The number of hydrogen-bond acceptors (Lipinski definition) is 7. The van der Waals surface area contributed by atoms with Gasteiger partial charge in [-0.05, 0) is 30.9 Å². The smallest absolute Gasteiger partial charge is 0.408 e. The molecule has 1 N–H and O–H groups in total. The molecule has 168 valence electrons. The number of rotatable bonds is 8. The number of carbonyl (C=O) groups is 3. The number of morpholine rings is 1. The number of Topliss-reactive ketones (excluding diaryl/α,β-unsaturated/α-hetero) is 1. The zero-order valence-electron chi connectivity index (χ0n) is 18.1. The molecule has 1 fully saturated rings. The first-order valence-corrected chi connectivity index (χ1v) is 10.6. The molecular formula is C22H29N3O6. The molecule has 2 amide bonds. The highest BCUT2D eigenvalue weighted by molar-refractivity contribution is 5.99. The number of para-hydroxylation sites is 2. The molecule has 1 aliphatic rings. The summed E-state index contributed by atoms with van der Waals surface area (Å²) in [6, 6.07) is 6.17. The number of ether oxygens (including phenoxy) is 2. The summed E-state index contributed by atoms with van der Waals surface area (Å²) in [5, 5.41) is 2.56. The number of benzene rings is 1. The number of hydrogen-bond donors (Lipinski definition) is 1. The summed E-state index contributed by atoms with van der Waals surface area (Å²) >= 11 is 0. The Balaban J connectivity index is 1.65. The lowest BCUT2D eigenvalue weighted by molar-refractivity contribution is -0.145. The van der Waals surface area contributed by atoms with Gasteiger partial charge in [-0.1, -0.05) is 32.9 Å². The van der Waals surface area contributed by atoms with Crippen molar-refractivity contribution in [2.75, 3.05) is 26.3 Å². The zero-order valence-corrected chi connectivity index (χ0v) is 18.1. The van der Waals surface area contributed by atoms with E-state index in [1.165, 1.54) is 0 Å². The van der Waals surface area contributed by atoms with Crippen LogP contribution in [0.4, 0.5) is 4.79 Å². The fourth-order valence-corrected chi connectivity index (χ4v) is 3.40. The third-order valence-corrected chi connectivity index (χ3v) is 5.05. The molecule has 1 saturated heterocycles. The van der Waals surface area contributed by atoms with Crippen LogP contribution in [-0.4, -0.2) is 66.1 Å². The van der Waals surface area contributed by atoms with Crippen LogP contribution in [0.2, 0.25) is 0 Å². The van der Waals surface area contributed by atoms with E-state index >= 15 is 0 Å². The van der Waals surface area contributed by atoms with Gasteiger partial charge < -0.3 is 24.1 Å². The number of ketones is 1. The largest absolute Gasteiger partial charge is 0.436 e. The van der Waals surface area contributed by atoms with E-state index in [1.54, 1.807) is 36.1 Å². The Hall–Kier alpha value is -2.94. The molecule has 31 heavy (non-hydrogen) atoms. The number of amides is 2. The van der Waals surface area contributed by atoms with Crippen LogP contribution >= 0.6 is 0 Å². The SMILES string of the molecule is CCC(NC(=O)OC(CC(C)C)C(=O)N1CCOCC1)C(=O)c1nc2ccccc2o1. The molecule has 3 rings (SSSR count). The van der Waals surface area contributed by atoms with Crippen LogP contribution in [0.5, 0.6) is 0 Å². The molecule has 2 heterocycles. The van der Waals surface area contributed by atoms with E-state index in [9.17, 15) is 14.4 Å². The molecule has 0 aliphatic carbocycles. The molecular weight excluding hydrogens is 402 g/mol. The van der Waals surface area contributed by atoms with E-state index in [-0.39, 0.29) is 17.7 Å². The van der Waals surface area contributed by atoms with Gasteiger partial charge in [-0.25, -0.2) is 9.78 Å². The molecule has 1 aromatic heterocycles. The van der Waals surface area contributed by atoms with Crippen LogP contribution in [0.1, 0.15) is 44.3 Å². The van der Waals surface area contributed by atoms with E-state index in [2.05, 4.69) is 10.3 Å². The first-order chi connectivity index (χ1) is 14.9. The lowest BCUT2D eigenvalue weighted by Crippen LogP contribution is -2.49. The predicted octanol–water partition coefficient (Wildman–Crippen LogP) is 2.79. The van der Waals surface area contributed by atoms with Gasteiger partial charge >= 0.3 is 6.09 Å². The van der Waals surface area contributed by atoms with E-state index in [4.69, 9.17) is 13.9 Å². The number of carbonyl (C=O) groups excluding carboxylic acids is 3. The zero-order chi connectivity index (χ0) is 22.4. The fraction of sp³-hybridized carbons (Fsp3) is 0.545. The number of fused-ring (bicyclic) bond motifs is 1. The number of alkyl carbamates (subject to hydrolysis) is 1. The van der Waals surface area contributed by atoms with Crippen molar-refractivity contribution in [2.45, 2.75) is 45.8 Å². The number of nitrogens with one attached hydrogen (secondary N) is 1. The van der Waals surface area contributed by atoms with E-state index < -0.39 is 24.0 Å². The highest BCUT2D eigenvalue weighted by Gasteiger charge is 2.32. The Morgan fingerprint density at radius 3 is 2.55 bits per heavy atom. The van der Waals surface area contributed by atoms with Gasteiger partial charge in [0.05, 0.1) is 13.2 Å². The third-order valence-electron chi connectivity index (χ3n) is 5.05. The number of nitrogens with zero attached hydrogens (tertiary/aromatic N) is 2. The summed E-state index contributed by atoms with van der Waals surface area (Å²) in [6.45, 7) is 7.51. The first-order valence-electron chi connectivity index (χ1n) is 10.6. The highest BCUT2D eigenvalue weighted by Crippen LogP contribution is 2.17. The summed E-state index contributed by atoms with van der Waals surface area (Å²) in [7, 11) is 0. The van der Waals surface area contributed by atoms with Crippen molar-refractivity contribution in [3.63, 3.8) is 0 Å². The molecule has 0 saturated carbocycles. The molecule has 1 aliphatic heterocycles. The maximum absolute atomic E-state index is 12.9. The second kappa shape index (κ2) is 10.4. The molecule has 9 heteroatoms. The van der Waals surface area contributed by atoms with E-state index in [1.807, 2.05) is 13.8 Å². The quantitative estimate of drug-likeness (QED) is 0.640. The molecule has 1 aromatic carbocycles. The maximum atomic E-state index is 12.9. The number of oxazole rings is 1. The summed E-state index contributed by atoms with van der Waals surface area (Å²) < 4.78 is 16.3.